The number of ether oxygens (including phenoxy) is 1. The normalized spacial score (nSPS) is 21.5. The predicted molar refractivity (Wildman–Crippen MR) is 130 cm³/mol. The number of aliphatic imine (C=N–C) groups is 1. The van der Waals surface area contributed by atoms with Crippen LogP contribution in [-0.4, -0.2) is 73.3 Å². The number of rotatable bonds is 9. The van der Waals surface area contributed by atoms with Gasteiger partial charge in [-0.05, 0) is 51.3 Å². The summed E-state index contributed by atoms with van der Waals surface area (Å²) < 4.78 is 5.85. The molecule has 0 spiro atoms. The van der Waals surface area contributed by atoms with E-state index in [1.807, 2.05) is 0 Å². The molecule has 2 fully saturated rings. The molecule has 0 radical (unpaired) electrons. The van der Waals surface area contributed by atoms with E-state index in [9.17, 15) is 0 Å². The summed E-state index contributed by atoms with van der Waals surface area (Å²) in [5.74, 6) is 2.15. The Kier molecular flexibility index (Phi) is 13.4. The quantitative estimate of drug-likeness (QED) is 0.280. The number of nitrogens with one attached hydrogen (secondary N) is 2. The third-order valence-electron chi connectivity index (χ3n) is 5.48. The molecule has 0 aromatic rings. The van der Waals surface area contributed by atoms with Gasteiger partial charge in [-0.1, -0.05) is 20.3 Å². The molecule has 0 bridgehead atoms. The van der Waals surface area contributed by atoms with Crippen LogP contribution in [0.2, 0.25) is 0 Å². The molecule has 2 heterocycles. The standard InChI is InChI=1S/C20H40N4OS.HI/c1-4-7-12-24-13-8-18(9-14-24)23-19(21-5-2)22-17-20(26-6-3)10-15-25-16-11-20;/h18H,4-17H2,1-3H3,(H2,21,22,23);1H. The summed E-state index contributed by atoms with van der Waals surface area (Å²) in [6.45, 7) is 13.9. The molecule has 0 amide bonds. The first-order valence-corrected chi connectivity index (χ1v) is 11.7. The maximum Gasteiger partial charge on any atom is 0.191 e. The first-order chi connectivity index (χ1) is 12.7. The smallest absolute Gasteiger partial charge is 0.191 e. The number of likely N-dealkylation sites (tertiary alicyclic amines) is 1. The second-order valence-corrected chi connectivity index (χ2v) is 9.27. The SMILES string of the molecule is CCCCN1CCC(NC(=NCC2(SCC)CCOCC2)NCC)CC1.I. The minimum atomic E-state index is 0. The lowest BCUT2D eigenvalue weighted by molar-refractivity contribution is 0.0793. The van der Waals surface area contributed by atoms with Crippen LogP contribution in [0.15, 0.2) is 4.99 Å². The predicted octanol–water partition coefficient (Wildman–Crippen LogP) is 3.73. The van der Waals surface area contributed by atoms with Crippen molar-refractivity contribution >= 4 is 41.7 Å². The van der Waals surface area contributed by atoms with Gasteiger partial charge in [-0.2, -0.15) is 11.8 Å². The molecule has 0 aromatic heterocycles. The van der Waals surface area contributed by atoms with Crippen molar-refractivity contribution in [2.75, 3.05) is 51.7 Å². The second kappa shape index (κ2) is 14.3. The lowest BCUT2D eigenvalue weighted by Gasteiger charge is -2.36. The van der Waals surface area contributed by atoms with Gasteiger partial charge >= 0.3 is 0 Å². The Balaban J connectivity index is 0.00000364. The Hall–Kier alpha value is 0.270. The topological polar surface area (TPSA) is 48.9 Å². The molecule has 7 heteroatoms. The van der Waals surface area contributed by atoms with Crippen molar-refractivity contribution in [1.29, 1.82) is 0 Å². The van der Waals surface area contributed by atoms with E-state index >= 15 is 0 Å². The third kappa shape index (κ3) is 9.09. The van der Waals surface area contributed by atoms with Crippen LogP contribution in [0.25, 0.3) is 0 Å². The summed E-state index contributed by atoms with van der Waals surface area (Å²) in [5.41, 5.74) is 0. The molecule has 27 heavy (non-hydrogen) atoms. The zero-order valence-corrected chi connectivity index (χ0v) is 20.7. The molecule has 0 atom stereocenters. The Morgan fingerprint density at radius 1 is 1.19 bits per heavy atom. The Labute approximate surface area is 188 Å². The largest absolute Gasteiger partial charge is 0.381 e. The van der Waals surface area contributed by atoms with Crippen molar-refractivity contribution < 1.29 is 4.74 Å². The second-order valence-electron chi connectivity index (χ2n) is 7.54. The van der Waals surface area contributed by atoms with Crippen LogP contribution >= 0.6 is 35.7 Å². The average molecular weight is 513 g/mol. The average Bonchev–Trinajstić information content (AvgIpc) is 2.67. The first-order valence-electron chi connectivity index (χ1n) is 10.7. The molecular formula is C20H41IN4OS. The summed E-state index contributed by atoms with van der Waals surface area (Å²) in [7, 11) is 0. The fourth-order valence-corrected chi connectivity index (χ4v) is 5.04. The van der Waals surface area contributed by atoms with Gasteiger partial charge in [0.15, 0.2) is 5.96 Å². The van der Waals surface area contributed by atoms with E-state index in [1.165, 1.54) is 45.3 Å². The Morgan fingerprint density at radius 2 is 1.89 bits per heavy atom. The van der Waals surface area contributed by atoms with Crippen LogP contribution < -0.4 is 10.6 Å². The number of halogens is 1. The van der Waals surface area contributed by atoms with E-state index in [1.54, 1.807) is 0 Å². The summed E-state index contributed by atoms with van der Waals surface area (Å²) in [6.07, 6.45) is 7.28. The van der Waals surface area contributed by atoms with E-state index in [-0.39, 0.29) is 28.7 Å². The first kappa shape index (κ1) is 25.3. The molecule has 0 unspecified atom stereocenters. The minimum Gasteiger partial charge on any atom is -0.381 e. The van der Waals surface area contributed by atoms with Crippen LogP contribution in [-0.2, 0) is 4.74 Å². The maximum absolute atomic E-state index is 5.59. The zero-order chi connectivity index (χ0) is 18.7. The van der Waals surface area contributed by atoms with E-state index in [0.29, 0.717) is 6.04 Å². The van der Waals surface area contributed by atoms with Crippen LogP contribution in [0.5, 0.6) is 0 Å². The molecular weight excluding hydrogens is 471 g/mol. The van der Waals surface area contributed by atoms with Gasteiger partial charge in [0.05, 0.1) is 6.54 Å². The van der Waals surface area contributed by atoms with Gasteiger partial charge in [0.1, 0.15) is 0 Å². The number of unbranched alkanes of at least 4 members (excludes halogenated alkanes) is 1. The van der Waals surface area contributed by atoms with Gasteiger partial charge in [-0.15, -0.1) is 24.0 Å². The molecule has 2 rings (SSSR count). The van der Waals surface area contributed by atoms with E-state index in [0.717, 1.165) is 50.9 Å². The minimum absolute atomic E-state index is 0. The van der Waals surface area contributed by atoms with Gasteiger partial charge in [-0.3, -0.25) is 4.99 Å². The maximum atomic E-state index is 5.59. The lowest BCUT2D eigenvalue weighted by atomic mass is 9.99. The molecule has 2 aliphatic heterocycles. The number of hydrogen-bond acceptors (Lipinski definition) is 4. The highest BCUT2D eigenvalue weighted by atomic mass is 127. The van der Waals surface area contributed by atoms with Crippen molar-refractivity contribution in [3.05, 3.63) is 0 Å². The number of thioether (sulfide) groups is 1. The van der Waals surface area contributed by atoms with E-state index in [2.05, 4.69) is 48.1 Å². The van der Waals surface area contributed by atoms with Gasteiger partial charge < -0.3 is 20.3 Å². The van der Waals surface area contributed by atoms with Gasteiger partial charge in [-0.25, -0.2) is 0 Å². The monoisotopic (exact) mass is 512 g/mol. The fraction of sp³-hybridized carbons (Fsp3) is 0.950. The van der Waals surface area contributed by atoms with Crippen molar-refractivity contribution in [3.8, 4) is 0 Å². The molecule has 2 N–H and O–H groups in total. The van der Waals surface area contributed by atoms with Crippen LogP contribution in [0, 0.1) is 0 Å². The third-order valence-corrected chi connectivity index (χ3v) is 6.92. The van der Waals surface area contributed by atoms with E-state index in [4.69, 9.17) is 9.73 Å². The Bertz CT molecular complexity index is 405. The van der Waals surface area contributed by atoms with Gasteiger partial charge in [0, 0.05) is 43.6 Å². The summed E-state index contributed by atoms with van der Waals surface area (Å²) >= 11 is 2.06. The molecule has 0 aromatic carbocycles. The fourth-order valence-electron chi connectivity index (χ4n) is 3.82. The molecule has 5 nitrogen and oxygen atoms in total. The number of piperidine rings is 1. The van der Waals surface area contributed by atoms with Gasteiger partial charge in [0.2, 0.25) is 0 Å². The van der Waals surface area contributed by atoms with Crippen molar-refractivity contribution in [3.63, 3.8) is 0 Å². The highest BCUT2D eigenvalue weighted by Crippen LogP contribution is 2.35. The number of guanidine groups is 1. The van der Waals surface area contributed by atoms with Crippen LogP contribution in [0.4, 0.5) is 0 Å². The summed E-state index contributed by atoms with van der Waals surface area (Å²) in [5, 5.41) is 7.16. The number of hydrogen-bond donors (Lipinski definition) is 2. The van der Waals surface area contributed by atoms with Crippen molar-refractivity contribution in [2.45, 2.75) is 70.1 Å². The van der Waals surface area contributed by atoms with Crippen molar-refractivity contribution in [1.82, 2.24) is 15.5 Å². The summed E-state index contributed by atoms with van der Waals surface area (Å²) in [6, 6.07) is 0.551. The highest BCUT2D eigenvalue weighted by Gasteiger charge is 2.32. The molecule has 0 aliphatic carbocycles. The molecule has 2 saturated heterocycles. The number of nitrogens with zero attached hydrogens (tertiary/aromatic N) is 2. The van der Waals surface area contributed by atoms with Crippen LogP contribution in [0.1, 0.15) is 59.3 Å². The lowest BCUT2D eigenvalue weighted by Crippen LogP contribution is -2.49. The van der Waals surface area contributed by atoms with Crippen molar-refractivity contribution in [2.24, 2.45) is 4.99 Å². The molecule has 2 aliphatic rings. The molecule has 160 valence electrons. The Morgan fingerprint density at radius 3 is 2.48 bits per heavy atom. The zero-order valence-electron chi connectivity index (χ0n) is 17.6. The highest BCUT2D eigenvalue weighted by molar-refractivity contribution is 14.0. The molecule has 0 saturated carbocycles. The van der Waals surface area contributed by atoms with Gasteiger partial charge in [0.25, 0.3) is 0 Å². The summed E-state index contributed by atoms with van der Waals surface area (Å²) in [4.78, 5) is 7.61. The van der Waals surface area contributed by atoms with Crippen LogP contribution in [0.3, 0.4) is 0 Å². The van der Waals surface area contributed by atoms with E-state index < -0.39 is 0 Å².